The number of hydrogen-bond donors (Lipinski definition) is 3. The van der Waals surface area contributed by atoms with E-state index in [1.165, 1.54) is 18.5 Å². The van der Waals surface area contributed by atoms with Gasteiger partial charge in [0.1, 0.15) is 11.5 Å². The van der Waals surface area contributed by atoms with E-state index < -0.39 is 0 Å². The maximum atomic E-state index is 13.5. The van der Waals surface area contributed by atoms with E-state index in [1.807, 2.05) is 19.3 Å². The molecule has 3 aromatic heterocycles. The summed E-state index contributed by atoms with van der Waals surface area (Å²) in [4.78, 5) is 35.6. The van der Waals surface area contributed by atoms with Crippen LogP contribution in [-0.2, 0) is 18.3 Å². The molecule has 38 heavy (non-hydrogen) atoms. The van der Waals surface area contributed by atoms with Crippen LogP contribution in [0.2, 0.25) is 0 Å². The van der Waals surface area contributed by atoms with Crippen molar-refractivity contribution in [2.75, 3.05) is 48.4 Å². The molecule has 2 fully saturated rings. The molecule has 6 rings (SSSR count). The second-order valence-electron chi connectivity index (χ2n) is 10.6. The molecule has 12 nitrogen and oxygen atoms in total. The van der Waals surface area contributed by atoms with Crippen molar-refractivity contribution < 1.29 is 19.4 Å². The lowest BCUT2D eigenvalue weighted by molar-refractivity contribution is -0.122. The molecule has 1 saturated heterocycles. The van der Waals surface area contributed by atoms with Crippen molar-refractivity contribution in [3.8, 4) is 5.88 Å². The van der Waals surface area contributed by atoms with Gasteiger partial charge in [-0.2, -0.15) is 10.1 Å². The number of nitrogens with one attached hydrogen (secondary N) is 2. The van der Waals surface area contributed by atoms with Crippen LogP contribution < -0.4 is 25.2 Å². The number of carbonyl (C=O) groups excluding carboxylic acids is 1. The molecule has 3 aliphatic rings. The van der Waals surface area contributed by atoms with Gasteiger partial charge in [-0.25, -0.2) is 9.78 Å². The number of carboxylic acid groups (broad SMARTS) is 1. The Kier molecular flexibility index (Phi) is 6.82. The summed E-state index contributed by atoms with van der Waals surface area (Å²) in [6, 6.07) is 3.91. The second-order valence-corrected chi connectivity index (χ2v) is 10.6. The maximum absolute atomic E-state index is 13.5. The number of amides is 2. The Morgan fingerprint density at radius 2 is 2.03 bits per heavy atom. The topological polar surface area (TPSA) is 138 Å². The molecular formula is C26H34N8O4. The molecule has 0 radical (unpaired) electrons. The minimum atomic E-state index is -0.250. The highest BCUT2D eigenvalue weighted by atomic mass is 16.5. The Morgan fingerprint density at radius 3 is 2.71 bits per heavy atom. The Balaban J connectivity index is 0.000000937. The molecular weight excluding hydrogens is 488 g/mol. The zero-order chi connectivity index (χ0) is 27.0. The maximum Gasteiger partial charge on any atom is 0.327 e. The third-order valence-corrected chi connectivity index (χ3v) is 7.10. The molecule has 12 heteroatoms. The van der Waals surface area contributed by atoms with Crippen molar-refractivity contribution in [1.82, 2.24) is 25.1 Å². The van der Waals surface area contributed by atoms with Crippen molar-refractivity contribution in [2.24, 2.45) is 7.05 Å². The Bertz CT molecular complexity index is 1370. The van der Waals surface area contributed by atoms with Gasteiger partial charge in [-0.15, -0.1) is 0 Å². The van der Waals surface area contributed by atoms with Crippen LogP contribution in [0.25, 0.3) is 11.0 Å². The number of rotatable bonds is 4. The first-order valence-electron chi connectivity index (χ1n) is 12.8. The minimum absolute atomic E-state index is 0.0400. The number of nitrogens with zero attached hydrogens (tertiary/aromatic N) is 6. The third-order valence-electron chi connectivity index (χ3n) is 7.10. The largest absolute Gasteiger partial charge is 0.483 e. The van der Waals surface area contributed by atoms with E-state index in [4.69, 9.17) is 19.6 Å². The highest BCUT2D eigenvalue weighted by molar-refractivity contribution is 6.04. The van der Waals surface area contributed by atoms with Gasteiger partial charge in [0.25, 0.3) is 6.47 Å². The molecule has 202 valence electrons. The van der Waals surface area contributed by atoms with Gasteiger partial charge < -0.3 is 25.4 Å². The lowest BCUT2D eigenvalue weighted by atomic mass is 10.00. The number of urea groups is 1. The van der Waals surface area contributed by atoms with Crippen LogP contribution in [-0.4, -0.2) is 76.2 Å². The predicted molar refractivity (Wildman–Crippen MR) is 144 cm³/mol. The van der Waals surface area contributed by atoms with E-state index in [0.717, 1.165) is 48.5 Å². The summed E-state index contributed by atoms with van der Waals surface area (Å²) in [5.41, 5.74) is 4.64. The first-order chi connectivity index (χ1) is 18.2. The van der Waals surface area contributed by atoms with E-state index >= 15 is 0 Å². The second kappa shape index (κ2) is 10.1. The van der Waals surface area contributed by atoms with Crippen LogP contribution >= 0.6 is 0 Å². The van der Waals surface area contributed by atoms with Crippen molar-refractivity contribution in [1.29, 1.82) is 0 Å². The van der Waals surface area contributed by atoms with Gasteiger partial charge in [0.2, 0.25) is 5.88 Å². The van der Waals surface area contributed by atoms with Gasteiger partial charge in [0.15, 0.2) is 5.65 Å². The first-order valence-corrected chi connectivity index (χ1v) is 12.8. The molecule has 2 amide bonds. The summed E-state index contributed by atoms with van der Waals surface area (Å²) in [7, 11) is 3.39. The van der Waals surface area contributed by atoms with Gasteiger partial charge in [-0.1, -0.05) is 0 Å². The van der Waals surface area contributed by atoms with E-state index in [0.29, 0.717) is 29.7 Å². The summed E-state index contributed by atoms with van der Waals surface area (Å²) < 4.78 is 7.15. The zero-order valence-corrected chi connectivity index (χ0v) is 22.2. The number of methoxy groups -OCH3 is 1. The lowest BCUT2D eigenvalue weighted by Gasteiger charge is -2.41. The van der Waals surface area contributed by atoms with Crippen LogP contribution in [0.1, 0.15) is 43.9 Å². The van der Waals surface area contributed by atoms with Crippen LogP contribution in [0.15, 0.2) is 18.3 Å². The average Bonchev–Trinajstić information content (AvgIpc) is 3.53. The van der Waals surface area contributed by atoms with Gasteiger partial charge in [0, 0.05) is 73.2 Å². The van der Waals surface area contributed by atoms with Crippen molar-refractivity contribution in [3.63, 3.8) is 0 Å². The van der Waals surface area contributed by atoms with Crippen molar-refractivity contribution in [2.45, 2.75) is 44.6 Å². The monoisotopic (exact) mass is 522 g/mol. The number of hydrogen-bond acceptors (Lipinski definition) is 8. The highest BCUT2D eigenvalue weighted by Crippen LogP contribution is 2.44. The van der Waals surface area contributed by atoms with Gasteiger partial charge in [-0.3, -0.25) is 14.4 Å². The van der Waals surface area contributed by atoms with Crippen LogP contribution in [0, 0.1) is 0 Å². The Hall–Kier alpha value is -3.93. The molecule has 3 N–H and O–H groups in total. The summed E-state index contributed by atoms with van der Waals surface area (Å²) in [6.07, 6.45) is 4.99. The number of fused-ring (bicyclic) bond motifs is 2. The molecule has 0 unspecified atom stereocenters. The molecule has 0 aromatic carbocycles. The molecule has 0 spiro atoms. The highest BCUT2D eigenvalue weighted by Gasteiger charge is 2.36. The third kappa shape index (κ3) is 5.08. The molecule has 1 aliphatic carbocycles. The van der Waals surface area contributed by atoms with E-state index in [9.17, 15) is 4.79 Å². The summed E-state index contributed by atoms with van der Waals surface area (Å²) in [5, 5.41) is 18.7. The number of aryl methyl sites for hydroxylation is 1. The SMILES string of the molecule is COc1nc2nn(C)cc2cc1NC(=O)N1CCc2c(N3CCNC(C)(C)C3)cc(C3CC3)nc21.O=CO. The first kappa shape index (κ1) is 25.7. The van der Waals surface area contributed by atoms with Crippen LogP contribution in [0.3, 0.4) is 0 Å². The van der Waals surface area contributed by atoms with Crippen LogP contribution in [0.5, 0.6) is 5.88 Å². The number of piperazine rings is 1. The fourth-order valence-electron chi connectivity index (χ4n) is 5.26. The lowest BCUT2D eigenvalue weighted by Crippen LogP contribution is -2.57. The van der Waals surface area contributed by atoms with E-state index in [1.54, 1.807) is 16.7 Å². The molecule has 0 atom stereocenters. The quantitative estimate of drug-likeness (QED) is 0.442. The number of pyridine rings is 2. The van der Waals surface area contributed by atoms with Crippen LogP contribution in [0.4, 0.5) is 22.0 Å². The Morgan fingerprint density at radius 1 is 1.26 bits per heavy atom. The van der Waals surface area contributed by atoms with Gasteiger partial charge in [-0.05, 0) is 45.2 Å². The van der Waals surface area contributed by atoms with Gasteiger partial charge >= 0.3 is 6.03 Å². The normalized spacial score (nSPS) is 18.0. The molecule has 3 aromatic rings. The molecule has 0 bridgehead atoms. The van der Waals surface area contributed by atoms with Crippen molar-refractivity contribution in [3.05, 3.63) is 29.6 Å². The average molecular weight is 523 g/mol. The summed E-state index contributed by atoms with van der Waals surface area (Å²) >= 11 is 0. The standard InChI is InChI=1S/C25H32N8O2.CH2O2/c1-25(2)14-32(10-8-26-25)20-12-18(15-5-6-15)27-22-17(20)7-9-33(22)24(34)28-19-11-16-13-31(3)30-21(16)29-23(19)35-4;2-1-3/h11-13,15,26H,5-10,14H2,1-4H3,(H,28,34);1H,(H,2,3). The van der Waals surface area contributed by atoms with Gasteiger partial charge in [0.05, 0.1) is 7.11 Å². The van der Waals surface area contributed by atoms with E-state index in [2.05, 4.69) is 45.5 Å². The minimum Gasteiger partial charge on any atom is -0.483 e. The number of aromatic nitrogens is 4. The number of anilines is 3. The summed E-state index contributed by atoms with van der Waals surface area (Å²) in [6.45, 7) is 7.63. The molecule has 5 heterocycles. The summed E-state index contributed by atoms with van der Waals surface area (Å²) in [5.74, 6) is 1.62. The molecule has 1 saturated carbocycles. The predicted octanol–water partition coefficient (Wildman–Crippen LogP) is 2.73. The Labute approximate surface area is 221 Å². The van der Waals surface area contributed by atoms with E-state index in [-0.39, 0.29) is 18.0 Å². The fraction of sp³-hybridized carbons (Fsp3) is 0.500. The zero-order valence-electron chi connectivity index (χ0n) is 22.2. The smallest absolute Gasteiger partial charge is 0.327 e. The molecule has 2 aliphatic heterocycles. The van der Waals surface area contributed by atoms with Crippen molar-refractivity contribution >= 4 is 40.7 Å². The fourth-order valence-corrected chi connectivity index (χ4v) is 5.26. The number of ether oxygens (including phenoxy) is 1. The number of carbonyl (C=O) groups is 2.